The van der Waals surface area contributed by atoms with Crippen LogP contribution in [0.3, 0.4) is 0 Å². The molecule has 1 aromatic heterocycles. The SMILES string of the molecule is COc1cc(-c2cc3cc(C)c(C)cc3c(Cl)n2)cc(-c2cc(-c3ccccc3)cc(-c3ccccc3)c2)c1OC. The van der Waals surface area contributed by atoms with Crippen LogP contribution in [-0.2, 0) is 0 Å². The summed E-state index contributed by atoms with van der Waals surface area (Å²) in [5.41, 5.74) is 10.5. The third kappa shape index (κ3) is 5.17. The first kappa shape index (κ1) is 26.6. The molecule has 0 saturated carbocycles. The van der Waals surface area contributed by atoms with Crippen molar-refractivity contribution in [2.75, 3.05) is 14.2 Å². The summed E-state index contributed by atoms with van der Waals surface area (Å²) in [4.78, 5) is 4.81. The smallest absolute Gasteiger partial charge is 0.168 e. The van der Waals surface area contributed by atoms with E-state index in [-0.39, 0.29) is 0 Å². The van der Waals surface area contributed by atoms with E-state index in [1.54, 1.807) is 14.2 Å². The van der Waals surface area contributed by atoms with Gasteiger partial charge in [-0.2, -0.15) is 0 Å². The summed E-state index contributed by atoms with van der Waals surface area (Å²) in [5, 5.41) is 2.48. The van der Waals surface area contributed by atoms with Gasteiger partial charge in [-0.15, -0.1) is 0 Å². The second-order valence-corrected chi connectivity index (χ2v) is 10.6. The molecule has 0 aliphatic heterocycles. The number of hydrogen-bond acceptors (Lipinski definition) is 3. The molecule has 1 heterocycles. The quantitative estimate of drug-likeness (QED) is 0.192. The molecule has 0 bridgehead atoms. The Morgan fingerprint density at radius 3 is 1.73 bits per heavy atom. The number of aryl methyl sites for hydroxylation is 2. The number of methoxy groups -OCH3 is 2. The van der Waals surface area contributed by atoms with Crippen molar-refractivity contribution in [2.24, 2.45) is 0 Å². The number of ether oxygens (including phenoxy) is 2. The van der Waals surface area contributed by atoms with Gasteiger partial charge in [0.15, 0.2) is 11.5 Å². The van der Waals surface area contributed by atoms with E-state index in [0.29, 0.717) is 16.7 Å². The molecule has 0 aliphatic carbocycles. The van der Waals surface area contributed by atoms with E-state index in [1.807, 2.05) is 18.2 Å². The summed E-state index contributed by atoms with van der Waals surface area (Å²) in [5.74, 6) is 1.29. The minimum atomic E-state index is 0.481. The van der Waals surface area contributed by atoms with Gasteiger partial charge in [0.2, 0.25) is 0 Å². The highest BCUT2D eigenvalue weighted by Gasteiger charge is 2.19. The van der Waals surface area contributed by atoms with Crippen LogP contribution in [0.15, 0.2) is 109 Å². The summed E-state index contributed by atoms with van der Waals surface area (Å²) in [6.45, 7) is 4.20. The standard InChI is InChI=1S/C37H30ClNO2/c1-23-15-29-21-34(39-37(38)33(29)16-24(23)2)31-20-32(36(41-4)35(22-31)40-3)30-18-27(25-11-7-5-8-12-25)17-28(19-30)26-13-9-6-10-14-26/h5-22H,1-4H3. The Morgan fingerprint density at radius 1 is 0.561 bits per heavy atom. The van der Waals surface area contributed by atoms with Crippen LogP contribution in [-0.4, -0.2) is 19.2 Å². The Labute approximate surface area is 246 Å². The first-order chi connectivity index (χ1) is 19.9. The molecule has 202 valence electrons. The van der Waals surface area contributed by atoms with Crippen molar-refractivity contribution in [1.29, 1.82) is 0 Å². The molecule has 0 aliphatic rings. The molecule has 4 heteroatoms. The number of benzene rings is 5. The van der Waals surface area contributed by atoms with Gasteiger partial charge < -0.3 is 9.47 Å². The number of rotatable bonds is 6. The number of aromatic nitrogens is 1. The molecule has 5 aromatic carbocycles. The Morgan fingerprint density at radius 2 is 1.15 bits per heavy atom. The predicted octanol–water partition coefficient (Wildman–Crippen LogP) is 10.2. The van der Waals surface area contributed by atoms with Gasteiger partial charge in [0.1, 0.15) is 5.15 Å². The molecule has 0 N–H and O–H groups in total. The maximum absolute atomic E-state index is 6.74. The minimum Gasteiger partial charge on any atom is -0.493 e. The van der Waals surface area contributed by atoms with Gasteiger partial charge in [-0.1, -0.05) is 78.3 Å². The summed E-state index contributed by atoms with van der Waals surface area (Å²) in [6.07, 6.45) is 0. The van der Waals surface area contributed by atoms with E-state index >= 15 is 0 Å². The van der Waals surface area contributed by atoms with Crippen LogP contribution in [0, 0.1) is 13.8 Å². The zero-order chi connectivity index (χ0) is 28.5. The van der Waals surface area contributed by atoms with Gasteiger partial charge in [0, 0.05) is 16.5 Å². The number of pyridine rings is 1. The molecular weight excluding hydrogens is 526 g/mol. The number of halogens is 1. The van der Waals surface area contributed by atoms with Crippen LogP contribution < -0.4 is 9.47 Å². The van der Waals surface area contributed by atoms with Crippen LogP contribution >= 0.6 is 11.6 Å². The Bertz CT molecular complexity index is 1820. The fourth-order valence-corrected chi connectivity index (χ4v) is 5.59. The van der Waals surface area contributed by atoms with Crippen molar-refractivity contribution in [2.45, 2.75) is 13.8 Å². The summed E-state index contributed by atoms with van der Waals surface area (Å²) in [7, 11) is 3.34. The molecule has 0 amide bonds. The number of fused-ring (bicyclic) bond motifs is 1. The topological polar surface area (TPSA) is 31.4 Å². The van der Waals surface area contributed by atoms with E-state index in [4.69, 9.17) is 26.1 Å². The fraction of sp³-hybridized carbons (Fsp3) is 0.108. The lowest BCUT2D eigenvalue weighted by atomic mass is 9.91. The fourth-order valence-electron chi connectivity index (χ4n) is 5.33. The van der Waals surface area contributed by atoms with Crippen LogP contribution in [0.5, 0.6) is 11.5 Å². The Balaban J connectivity index is 1.60. The third-order valence-electron chi connectivity index (χ3n) is 7.63. The van der Waals surface area contributed by atoms with Crippen molar-refractivity contribution in [3.63, 3.8) is 0 Å². The highest BCUT2D eigenvalue weighted by Crippen LogP contribution is 2.44. The minimum absolute atomic E-state index is 0.481. The molecule has 3 nitrogen and oxygen atoms in total. The van der Waals surface area contributed by atoms with Crippen molar-refractivity contribution in [3.8, 4) is 56.1 Å². The van der Waals surface area contributed by atoms with Crippen LogP contribution in [0.2, 0.25) is 5.15 Å². The average Bonchev–Trinajstić information content (AvgIpc) is 3.01. The number of nitrogens with zero attached hydrogens (tertiary/aromatic N) is 1. The molecule has 0 spiro atoms. The first-order valence-electron chi connectivity index (χ1n) is 13.6. The molecule has 0 atom stereocenters. The van der Waals surface area contributed by atoms with Gasteiger partial charge in [0.25, 0.3) is 0 Å². The van der Waals surface area contributed by atoms with Gasteiger partial charge in [-0.25, -0.2) is 4.98 Å². The van der Waals surface area contributed by atoms with Crippen molar-refractivity contribution in [1.82, 2.24) is 4.98 Å². The van der Waals surface area contributed by atoms with E-state index in [9.17, 15) is 0 Å². The molecule has 0 radical (unpaired) electrons. The highest BCUT2D eigenvalue weighted by molar-refractivity contribution is 6.34. The van der Waals surface area contributed by atoms with E-state index < -0.39 is 0 Å². The molecule has 0 fully saturated rings. The Hall–Kier alpha value is -4.60. The second-order valence-electron chi connectivity index (χ2n) is 10.2. The van der Waals surface area contributed by atoms with E-state index in [2.05, 4.69) is 105 Å². The van der Waals surface area contributed by atoms with Gasteiger partial charge in [0.05, 0.1) is 19.9 Å². The summed E-state index contributed by atoms with van der Waals surface area (Å²) < 4.78 is 11.8. The monoisotopic (exact) mass is 555 g/mol. The third-order valence-corrected chi connectivity index (χ3v) is 7.92. The van der Waals surface area contributed by atoms with Crippen molar-refractivity contribution >= 4 is 22.4 Å². The molecule has 0 unspecified atom stereocenters. The molecule has 6 rings (SSSR count). The average molecular weight is 556 g/mol. The lowest BCUT2D eigenvalue weighted by molar-refractivity contribution is 0.356. The summed E-state index contributed by atoms with van der Waals surface area (Å²) >= 11 is 6.74. The molecule has 41 heavy (non-hydrogen) atoms. The van der Waals surface area contributed by atoms with Crippen molar-refractivity contribution < 1.29 is 9.47 Å². The highest BCUT2D eigenvalue weighted by atomic mass is 35.5. The van der Waals surface area contributed by atoms with Crippen molar-refractivity contribution in [3.05, 3.63) is 125 Å². The second kappa shape index (κ2) is 11.1. The zero-order valence-corrected chi connectivity index (χ0v) is 24.3. The predicted molar refractivity (Wildman–Crippen MR) is 171 cm³/mol. The van der Waals surface area contributed by atoms with E-state index in [1.165, 1.54) is 11.1 Å². The first-order valence-corrected chi connectivity index (χ1v) is 13.9. The normalized spacial score (nSPS) is 11.0. The maximum atomic E-state index is 6.74. The molecule has 0 saturated heterocycles. The molecule has 6 aromatic rings. The van der Waals surface area contributed by atoms with Gasteiger partial charge >= 0.3 is 0 Å². The largest absolute Gasteiger partial charge is 0.493 e. The van der Waals surface area contributed by atoms with Gasteiger partial charge in [-0.05, 0) is 101 Å². The summed E-state index contributed by atoms with van der Waals surface area (Å²) in [6, 6.07) is 37.9. The van der Waals surface area contributed by atoms with Crippen LogP contribution in [0.25, 0.3) is 55.4 Å². The van der Waals surface area contributed by atoms with Gasteiger partial charge in [-0.3, -0.25) is 0 Å². The van der Waals surface area contributed by atoms with Crippen LogP contribution in [0.1, 0.15) is 11.1 Å². The van der Waals surface area contributed by atoms with Crippen LogP contribution in [0.4, 0.5) is 0 Å². The lowest BCUT2D eigenvalue weighted by Gasteiger charge is -2.18. The number of hydrogen-bond donors (Lipinski definition) is 0. The maximum Gasteiger partial charge on any atom is 0.168 e. The lowest BCUT2D eigenvalue weighted by Crippen LogP contribution is -1.97. The molecular formula is C37H30ClNO2. The Kier molecular flexibility index (Phi) is 7.21. The van der Waals surface area contributed by atoms with E-state index in [0.717, 1.165) is 55.4 Å². The zero-order valence-electron chi connectivity index (χ0n) is 23.5.